The zero-order valence-corrected chi connectivity index (χ0v) is 16.3. The van der Waals surface area contributed by atoms with Crippen LogP contribution in [0.2, 0.25) is 0 Å². The van der Waals surface area contributed by atoms with Crippen LogP contribution in [0.25, 0.3) is 0 Å². The number of benzene rings is 1. The smallest absolute Gasteiger partial charge is 0.338 e. The summed E-state index contributed by atoms with van der Waals surface area (Å²) in [6.07, 6.45) is 3.26. The number of piperidine rings is 1. The van der Waals surface area contributed by atoms with Gasteiger partial charge in [0.05, 0.1) is 25.4 Å². The van der Waals surface area contributed by atoms with Crippen LogP contribution in [0.5, 0.6) is 5.75 Å². The maximum Gasteiger partial charge on any atom is 0.338 e. The van der Waals surface area contributed by atoms with Crippen molar-refractivity contribution in [3.8, 4) is 5.75 Å². The number of nitrogens with zero attached hydrogens (tertiary/aromatic N) is 1. The van der Waals surface area contributed by atoms with Gasteiger partial charge in [0.15, 0.2) is 0 Å². The number of rotatable bonds is 7. The molecular weight excluding hydrogens is 389 g/mol. The molecule has 1 saturated carbocycles. The van der Waals surface area contributed by atoms with Gasteiger partial charge in [-0.3, -0.25) is 0 Å². The van der Waals surface area contributed by atoms with Crippen molar-refractivity contribution < 1.29 is 32.2 Å². The van der Waals surface area contributed by atoms with Crippen molar-refractivity contribution in [1.29, 1.82) is 0 Å². The predicted octanol–water partition coefficient (Wildman–Crippen LogP) is 2.22. The van der Waals surface area contributed by atoms with Crippen LogP contribution < -0.4 is 4.74 Å². The Labute approximate surface area is 163 Å². The van der Waals surface area contributed by atoms with E-state index in [1.54, 1.807) is 0 Å². The highest BCUT2D eigenvalue weighted by Crippen LogP contribution is 2.45. The second kappa shape index (κ2) is 7.61. The first-order valence-corrected chi connectivity index (χ1v) is 11.1. The van der Waals surface area contributed by atoms with E-state index in [4.69, 9.17) is 14.6 Å². The molecule has 3 fully saturated rings. The molecule has 0 amide bonds. The van der Waals surface area contributed by atoms with Crippen molar-refractivity contribution in [2.45, 2.75) is 36.9 Å². The Bertz CT molecular complexity index is 857. The van der Waals surface area contributed by atoms with Crippen LogP contribution in [0.1, 0.15) is 47.5 Å². The molecule has 0 bridgehead atoms. The summed E-state index contributed by atoms with van der Waals surface area (Å²) in [5.41, 5.74) is 0.427. The fourth-order valence-electron chi connectivity index (χ4n) is 3.71. The maximum atomic E-state index is 14.1. The molecule has 0 aromatic heterocycles. The van der Waals surface area contributed by atoms with Gasteiger partial charge in [0, 0.05) is 19.2 Å². The Morgan fingerprint density at radius 2 is 1.89 bits per heavy atom. The Morgan fingerprint density at radius 3 is 2.43 bits per heavy atom. The van der Waals surface area contributed by atoms with Crippen molar-refractivity contribution in [3.05, 3.63) is 29.1 Å². The number of hydrogen-bond donors (Lipinski definition) is 1. The highest BCUT2D eigenvalue weighted by molar-refractivity contribution is 7.89. The van der Waals surface area contributed by atoms with Gasteiger partial charge in [-0.05, 0) is 49.1 Å². The minimum Gasteiger partial charge on any atom is -0.493 e. The summed E-state index contributed by atoms with van der Waals surface area (Å²) in [6, 6.07) is 2.56. The van der Waals surface area contributed by atoms with Crippen LogP contribution in [0, 0.1) is 11.7 Å². The van der Waals surface area contributed by atoms with Crippen LogP contribution in [-0.4, -0.2) is 62.0 Å². The average molecular weight is 413 g/mol. The molecule has 4 rings (SSSR count). The lowest BCUT2D eigenvalue weighted by atomic mass is 9.99. The number of aromatic carboxylic acids is 1. The molecular formula is C19H24FNO6S. The van der Waals surface area contributed by atoms with Crippen molar-refractivity contribution in [1.82, 2.24) is 4.31 Å². The molecule has 0 atom stereocenters. The van der Waals surface area contributed by atoms with Crippen molar-refractivity contribution >= 4 is 16.0 Å². The van der Waals surface area contributed by atoms with E-state index >= 15 is 0 Å². The van der Waals surface area contributed by atoms with Gasteiger partial charge in [0.1, 0.15) is 16.8 Å². The van der Waals surface area contributed by atoms with Crippen LogP contribution in [0.15, 0.2) is 12.1 Å². The Morgan fingerprint density at radius 1 is 1.21 bits per heavy atom. The molecule has 1 aromatic rings. The van der Waals surface area contributed by atoms with Crippen LogP contribution >= 0.6 is 0 Å². The molecule has 0 unspecified atom stereocenters. The lowest BCUT2D eigenvalue weighted by molar-refractivity contribution is 0.0384. The highest BCUT2D eigenvalue weighted by Gasteiger charge is 2.39. The Balaban J connectivity index is 1.37. The van der Waals surface area contributed by atoms with Gasteiger partial charge in [-0.1, -0.05) is 0 Å². The standard InChI is InChI=1S/C19H24FNO6S/c20-17-8-18(15(13-1-2-13)7-16(17)19(22)23)27-9-12-3-5-21(6-4-12)28(24,25)14-10-26-11-14/h7-8,12-14H,1-6,9-11H2,(H,22,23). The third-order valence-electron chi connectivity index (χ3n) is 5.78. The monoisotopic (exact) mass is 413 g/mol. The molecule has 2 saturated heterocycles. The van der Waals surface area contributed by atoms with E-state index in [9.17, 15) is 17.6 Å². The molecule has 154 valence electrons. The third kappa shape index (κ3) is 3.88. The number of halogens is 1. The largest absolute Gasteiger partial charge is 0.493 e. The van der Waals surface area contributed by atoms with Gasteiger partial charge in [0.25, 0.3) is 0 Å². The van der Waals surface area contributed by atoms with Gasteiger partial charge in [-0.25, -0.2) is 21.9 Å². The zero-order chi connectivity index (χ0) is 19.9. The van der Waals surface area contributed by atoms with Crippen molar-refractivity contribution in [2.24, 2.45) is 5.92 Å². The van der Waals surface area contributed by atoms with Crippen LogP contribution in [0.3, 0.4) is 0 Å². The molecule has 28 heavy (non-hydrogen) atoms. The summed E-state index contributed by atoms with van der Waals surface area (Å²) < 4.78 is 51.3. The van der Waals surface area contributed by atoms with Crippen LogP contribution in [0.4, 0.5) is 4.39 Å². The second-order valence-electron chi connectivity index (χ2n) is 7.81. The minimum atomic E-state index is -3.28. The Kier molecular flexibility index (Phi) is 5.32. The molecule has 2 heterocycles. The first kappa shape index (κ1) is 19.6. The van der Waals surface area contributed by atoms with Crippen molar-refractivity contribution in [2.75, 3.05) is 32.9 Å². The van der Waals surface area contributed by atoms with E-state index in [0.29, 0.717) is 38.3 Å². The van der Waals surface area contributed by atoms with E-state index in [2.05, 4.69) is 0 Å². The molecule has 2 aliphatic heterocycles. The molecule has 1 aromatic carbocycles. The Hall–Kier alpha value is -1.71. The fraction of sp³-hybridized carbons (Fsp3) is 0.632. The first-order chi connectivity index (χ1) is 13.4. The topological polar surface area (TPSA) is 93.1 Å². The van der Waals surface area contributed by atoms with E-state index in [-0.39, 0.29) is 30.6 Å². The fourth-order valence-corrected chi connectivity index (χ4v) is 5.39. The van der Waals surface area contributed by atoms with E-state index < -0.39 is 27.1 Å². The van der Waals surface area contributed by atoms with E-state index in [1.807, 2.05) is 0 Å². The first-order valence-electron chi connectivity index (χ1n) is 9.62. The second-order valence-corrected chi connectivity index (χ2v) is 10.0. The van der Waals surface area contributed by atoms with Crippen LogP contribution in [-0.2, 0) is 14.8 Å². The summed E-state index contributed by atoms with van der Waals surface area (Å²) in [5, 5.41) is 8.71. The lowest BCUT2D eigenvalue weighted by Gasteiger charge is -2.36. The predicted molar refractivity (Wildman–Crippen MR) is 98.7 cm³/mol. The summed E-state index contributed by atoms with van der Waals surface area (Å²) in [4.78, 5) is 11.2. The molecule has 1 aliphatic carbocycles. The quantitative estimate of drug-likeness (QED) is 0.737. The summed E-state index contributed by atoms with van der Waals surface area (Å²) in [6.45, 7) is 1.82. The average Bonchev–Trinajstić information content (AvgIpc) is 3.43. The summed E-state index contributed by atoms with van der Waals surface area (Å²) in [7, 11) is -3.28. The third-order valence-corrected chi connectivity index (χ3v) is 7.98. The summed E-state index contributed by atoms with van der Waals surface area (Å²) in [5.74, 6) is -1.26. The number of carboxylic acids is 1. The normalized spacial score (nSPS) is 22.0. The van der Waals surface area contributed by atoms with Crippen molar-refractivity contribution in [3.63, 3.8) is 0 Å². The molecule has 7 nitrogen and oxygen atoms in total. The number of hydrogen-bond acceptors (Lipinski definition) is 5. The molecule has 1 N–H and O–H groups in total. The van der Waals surface area contributed by atoms with E-state index in [0.717, 1.165) is 18.4 Å². The van der Waals surface area contributed by atoms with E-state index in [1.165, 1.54) is 16.4 Å². The van der Waals surface area contributed by atoms with Gasteiger partial charge >= 0.3 is 5.97 Å². The SMILES string of the molecule is O=C(O)c1cc(C2CC2)c(OCC2CCN(S(=O)(=O)C3COC3)CC2)cc1F. The molecule has 9 heteroatoms. The van der Waals surface area contributed by atoms with Gasteiger partial charge in [0.2, 0.25) is 10.0 Å². The molecule has 0 spiro atoms. The number of carboxylic acid groups (broad SMARTS) is 1. The maximum absolute atomic E-state index is 14.1. The molecule has 3 aliphatic rings. The number of carbonyl (C=O) groups is 1. The number of sulfonamides is 1. The molecule has 0 radical (unpaired) electrons. The zero-order valence-electron chi connectivity index (χ0n) is 15.5. The lowest BCUT2D eigenvalue weighted by Crippen LogP contribution is -2.51. The minimum absolute atomic E-state index is 0.179. The highest BCUT2D eigenvalue weighted by atomic mass is 32.2. The number of ether oxygens (including phenoxy) is 2. The summed E-state index contributed by atoms with van der Waals surface area (Å²) >= 11 is 0. The van der Waals surface area contributed by atoms with Gasteiger partial charge in [-0.2, -0.15) is 0 Å². The van der Waals surface area contributed by atoms with Gasteiger partial charge in [-0.15, -0.1) is 0 Å². The van der Waals surface area contributed by atoms with Gasteiger partial charge < -0.3 is 14.6 Å².